The molecule has 0 spiro atoms. The van der Waals surface area contributed by atoms with Crippen LogP contribution in [0.4, 0.5) is 10.1 Å². The number of benzene rings is 1. The second-order valence-electron chi connectivity index (χ2n) is 2.44. The third kappa shape index (κ3) is 2.91. The number of amides is 1. The average Bonchev–Trinajstić information content (AvgIpc) is 2.07. The van der Waals surface area contributed by atoms with Gasteiger partial charge in [0.2, 0.25) is 5.91 Å². The van der Waals surface area contributed by atoms with Crippen molar-refractivity contribution in [3.63, 3.8) is 0 Å². The van der Waals surface area contributed by atoms with Crippen molar-refractivity contribution in [2.45, 2.75) is 6.92 Å². The summed E-state index contributed by atoms with van der Waals surface area (Å²) in [5.74, 6) is -0.785. The maximum atomic E-state index is 12.8. The maximum Gasteiger partial charge on any atom is 0.235 e. The highest BCUT2D eigenvalue weighted by Crippen LogP contribution is 2.17. The number of nitrogens with one attached hydrogen (secondary N) is 2. The highest BCUT2D eigenvalue weighted by atomic mass is 35.5. The topological polar surface area (TPSA) is 41.1 Å². The molecule has 70 valence electrons. The molecule has 1 rings (SSSR count). The SMILES string of the molecule is CC(=O)NNc1ccc(Cl)c(F)c1. The van der Waals surface area contributed by atoms with E-state index in [-0.39, 0.29) is 10.9 Å². The van der Waals surface area contributed by atoms with Gasteiger partial charge in [-0.3, -0.25) is 15.6 Å². The van der Waals surface area contributed by atoms with Gasteiger partial charge in [0.05, 0.1) is 10.7 Å². The van der Waals surface area contributed by atoms with E-state index in [9.17, 15) is 9.18 Å². The van der Waals surface area contributed by atoms with E-state index < -0.39 is 5.82 Å². The molecule has 0 radical (unpaired) electrons. The van der Waals surface area contributed by atoms with Crippen LogP contribution in [0.1, 0.15) is 6.92 Å². The van der Waals surface area contributed by atoms with Gasteiger partial charge in [-0.15, -0.1) is 0 Å². The average molecular weight is 203 g/mol. The Morgan fingerprint density at radius 2 is 2.23 bits per heavy atom. The Balaban J connectivity index is 2.68. The molecule has 0 aliphatic carbocycles. The summed E-state index contributed by atoms with van der Waals surface area (Å²) >= 11 is 5.45. The number of halogens is 2. The highest BCUT2D eigenvalue weighted by molar-refractivity contribution is 6.30. The second kappa shape index (κ2) is 4.09. The van der Waals surface area contributed by atoms with Gasteiger partial charge in [-0.2, -0.15) is 0 Å². The molecule has 1 aromatic carbocycles. The molecule has 0 aliphatic rings. The summed E-state index contributed by atoms with van der Waals surface area (Å²) in [6.07, 6.45) is 0. The summed E-state index contributed by atoms with van der Waals surface area (Å²) in [5, 5.41) is 0.0494. The molecule has 5 heteroatoms. The number of hydrogen-bond donors (Lipinski definition) is 2. The van der Waals surface area contributed by atoms with Crippen LogP contribution in [0.15, 0.2) is 18.2 Å². The molecular weight excluding hydrogens is 195 g/mol. The first-order valence-corrected chi connectivity index (χ1v) is 3.95. The molecule has 0 bridgehead atoms. The van der Waals surface area contributed by atoms with E-state index in [0.717, 1.165) is 0 Å². The number of anilines is 1. The summed E-state index contributed by atoms with van der Waals surface area (Å²) in [6, 6.07) is 4.15. The number of hydrogen-bond acceptors (Lipinski definition) is 2. The van der Waals surface area contributed by atoms with Crippen LogP contribution in [-0.4, -0.2) is 5.91 Å². The maximum absolute atomic E-state index is 12.8. The van der Waals surface area contributed by atoms with Crippen LogP contribution in [0.25, 0.3) is 0 Å². The Hall–Kier alpha value is -1.29. The quantitative estimate of drug-likeness (QED) is 0.720. The fraction of sp³-hybridized carbons (Fsp3) is 0.125. The number of hydrazine groups is 1. The van der Waals surface area contributed by atoms with Crippen LogP contribution >= 0.6 is 11.6 Å². The minimum Gasteiger partial charge on any atom is -0.299 e. The molecule has 13 heavy (non-hydrogen) atoms. The first kappa shape index (κ1) is 9.80. The van der Waals surface area contributed by atoms with Gasteiger partial charge in [0.15, 0.2) is 0 Å². The normalized spacial score (nSPS) is 9.46. The number of carbonyl (C=O) groups excluding carboxylic acids is 1. The second-order valence-corrected chi connectivity index (χ2v) is 2.84. The van der Waals surface area contributed by atoms with E-state index in [4.69, 9.17) is 11.6 Å². The smallest absolute Gasteiger partial charge is 0.235 e. The van der Waals surface area contributed by atoms with E-state index >= 15 is 0 Å². The van der Waals surface area contributed by atoms with Gasteiger partial charge in [-0.05, 0) is 12.1 Å². The molecule has 0 saturated carbocycles. The molecule has 0 aliphatic heterocycles. The van der Waals surface area contributed by atoms with E-state index in [1.165, 1.54) is 19.1 Å². The van der Waals surface area contributed by atoms with Crippen LogP contribution in [0.3, 0.4) is 0 Å². The van der Waals surface area contributed by atoms with Crippen molar-refractivity contribution in [3.8, 4) is 0 Å². The Morgan fingerprint density at radius 3 is 2.77 bits per heavy atom. The lowest BCUT2D eigenvalue weighted by Gasteiger charge is -2.06. The molecule has 0 fully saturated rings. The zero-order valence-corrected chi connectivity index (χ0v) is 7.65. The summed E-state index contributed by atoms with van der Waals surface area (Å²) in [6.45, 7) is 1.35. The largest absolute Gasteiger partial charge is 0.299 e. The van der Waals surface area contributed by atoms with E-state index in [1.807, 2.05) is 0 Å². The molecule has 2 N–H and O–H groups in total. The van der Waals surface area contributed by atoms with Crippen molar-refractivity contribution in [1.29, 1.82) is 0 Å². The summed E-state index contributed by atoms with van der Waals surface area (Å²) < 4.78 is 12.8. The van der Waals surface area contributed by atoms with Gasteiger partial charge in [-0.1, -0.05) is 11.6 Å². The van der Waals surface area contributed by atoms with Gasteiger partial charge < -0.3 is 0 Å². The standard InChI is InChI=1S/C8H8ClFN2O/c1-5(13)11-12-6-2-3-7(9)8(10)4-6/h2-4,12H,1H3,(H,11,13). The lowest BCUT2D eigenvalue weighted by atomic mass is 10.3. The van der Waals surface area contributed by atoms with E-state index in [1.54, 1.807) is 6.07 Å². The Kier molecular flexibility index (Phi) is 3.08. The molecule has 0 unspecified atom stereocenters. The summed E-state index contributed by atoms with van der Waals surface area (Å²) in [5.41, 5.74) is 5.27. The third-order valence-electron chi connectivity index (χ3n) is 1.30. The number of rotatable bonds is 2. The van der Waals surface area contributed by atoms with Crippen molar-refractivity contribution in [1.82, 2.24) is 5.43 Å². The van der Waals surface area contributed by atoms with E-state index in [0.29, 0.717) is 5.69 Å². The lowest BCUT2D eigenvalue weighted by molar-refractivity contribution is -0.118. The fourth-order valence-corrected chi connectivity index (χ4v) is 0.852. The van der Waals surface area contributed by atoms with Crippen molar-refractivity contribution < 1.29 is 9.18 Å². The zero-order chi connectivity index (χ0) is 9.84. The Bertz CT molecular complexity index is 330. The molecule has 1 amide bonds. The van der Waals surface area contributed by atoms with Crippen molar-refractivity contribution in [2.24, 2.45) is 0 Å². The molecule has 3 nitrogen and oxygen atoms in total. The van der Waals surface area contributed by atoms with Crippen LogP contribution in [0.2, 0.25) is 5.02 Å². The lowest BCUT2D eigenvalue weighted by Crippen LogP contribution is -2.26. The predicted molar refractivity (Wildman–Crippen MR) is 48.8 cm³/mol. The number of carbonyl (C=O) groups is 1. The highest BCUT2D eigenvalue weighted by Gasteiger charge is 2.00. The van der Waals surface area contributed by atoms with Gasteiger partial charge in [0, 0.05) is 13.0 Å². The van der Waals surface area contributed by atoms with Crippen LogP contribution in [0, 0.1) is 5.82 Å². The molecule has 0 atom stereocenters. The molecule has 0 saturated heterocycles. The minimum atomic E-state index is -0.531. The van der Waals surface area contributed by atoms with Crippen LogP contribution in [0.5, 0.6) is 0 Å². The van der Waals surface area contributed by atoms with Gasteiger partial charge >= 0.3 is 0 Å². The summed E-state index contributed by atoms with van der Waals surface area (Å²) in [4.78, 5) is 10.5. The van der Waals surface area contributed by atoms with Crippen molar-refractivity contribution >= 4 is 23.2 Å². The Morgan fingerprint density at radius 1 is 1.54 bits per heavy atom. The fourth-order valence-electron chi connectivity index (χ4n) is 0.734. The molecular formula is C8H8ClFN2O. The monoisotopic (exact) mass is 202 g/mol. The van der Waals surface area contributed by atoms with Gasteiger partial charge in [-0.25, -0.2) is 4.39 Å². The van der Waals surface area contributed by atoms with E-state index in [2.05, 4.69) is 10.9 Å². The van der Waals surface area contributed by atoms with Crippen molar-refractivity contribution in [2.75, 3.05) is 5.43 Å². The Labute approximate surface area is 79.9 Å². The minimum absolute atomic E-state index is 0.0494. The first-order chi connectivity index (χ1) is 6.09. The van der Waals surface area contributed by atoms with Crippen LogP contribution in [-0.2, 0) is 4.79 Å². The van der Waals surface area contributed by atoms with Gasteiger partial charge in [0.1, 0.15) is 5.82 Å². The van der Waals surface area contributed by atoms with Gasteiger partial charge in [0.25, 0.3) is 0 Å². The predicted octanol–water partition coefficient (Wildman–Crippen LogP) is 1.94. The molecule has 1 aromatic rings. The van der Waals surface area contributed by atoms with Crippen LogP contribution < -0.4 is 10.9 Å². The van der Waals surface area contributed by atoms with Crippen molar-refractivity contribution in [3.05, 3.63) is 29.0 Å². The third-order valence-corrected chi connectivity index (χ3v) is 1.61. The molecule has 0 heterocycles. The molecule has 0 aromatic heterocycles. The zero-order valence-electron chi connectivity index (χ0n) is 6.90. The first-order valence-electron chi connectivity index (χ1n) is 3.57. The summed E-state index contributed by atoms with van der Waals surface area (Å²) in [7, 11) is 0.